The molecule has 2 aromatic carbocycles. The number of nitrogens with zero attached hydrogens (tertiary/aromatic N) is 1. The van der Waals surface area contributed by atoms with Gasteiger partial charge in [0.1, 0.15) is 11.8 Å². The number of anilines is 2. The molecule has 2 aromatic rings. The van der Waals surface area contributed by atoms with E-state index in [0.717, 1.165) is 25.1 Å². The maximum Gasteiger partial charge on any atom is 0.246 e. The maximum atomic E-state index is 12.8. The number of fused-ring (bicyclic) bond motifs is 1. The second-order valence-corrected chi connectivity index (χ2v) is 6.02. The first-order valence-electron chi connectivity index (χ1n) is 8.58. The fourth-order valence-corrected chi connectivity index (χ4v) is 3.19. The van der Waals surface area contributed by atoms with E-state index in [1.165, 1.54) is 11.3 Å². The van der Waals surface area contributed by atoms with Crippen LogP contribution in [0.25, 0.3) is 0 Å². The van der Waals surface area contributed by atoms with Crippen LogP contribution in [0.3, 0.4) is 0 Å². The molecule has 3 rings (SSSR count). The van der Waals surface area contributed by atoms with Gasteiger partial charge in [0, 0.05) is 12.2 Å². The summed E-state index contributed by atoms with van der Waals surface area (Å²) in [5, 5.41) is 3.02. The monoisotopic (exact) mass is 324 g/mol. The Kier molecular flexibility index (Phi) is 5.04. The Morgan fingerprint density at radius 1 is 1.21 bits per heavy atom. The lowest BCUT2D eigenvalue weighted by molar-refractivity contribution is -0.117. The molecule has 4 nitrogen and oxygen atoms in total. The predicted octanol–water partition coefficient (Wildman–Crippen LogP) is 3.87. The number of rotatable bonds is 5. The van der Waals surface area contributed by atoms with Gasteiger partial charge in [-0.15, -0.1) is 0 Å². The standard InChI is InChI=1S/C20H24N2O2/c1-3-24-19-13-7-5-11-17(19)21-20(23)15(2)22-14-8-10-16-9-4-6-12-18(16)22/h4-7,9,11-13,15H,3,8,10,14H2,1-2H3,(H,21,23)/t15-/m0/s1. The van der Waals surface area contributed by atoms with Gasteiger partial charge in [0.25, 0.3) is 0 Å². The zero-order chi connectivity index (χ0) is 16.9. The molecular formula is C20H24N2O2. The number of ether oxygens (including phenoxy) is 1. The molecule has 1 aliphatic heterocycles. The average Bonchev–Trinajstić information content (AvgIpc) is 2.62. The Morgan fingerprint density at radius 3 is 2.79 bits per heavy atom. The molecule has 1 N–H and O–H groups in total. The summed E-state index contributed by atoms with van der Waals surface area (Å²) < 4.78 is 5.59. The second-order valence-electron chi connectivity index (χ2n) is 6.02. The van der Waals surface area contributed by atoms with Crippen LogP contribution in [0.2, 0.25) is 0 Å². The van der Waals surface area contributed by atoms with Gasteiger partial charge in [-0.05, 0) is 50.5 Å². The molecule has 0 bridgehead atoms. The van der Waals surface area contributed by atoms with Gasteiger partial charge >= 0.3 is 0 Å². The molecule has 1 aliphatic rings. The second kappa shape index (κ2) is 7.39. The Balaban J connectivity index is 1.77. The number of hydrogen-bond donors (Lipinski definition) is 1. The number of hydrogen-bond acceptors (Lipinski definition) is 3. The third kappa shape index (κ3) is 3.37. The number of amides is 1. The number of aryl methyl sites for hydroxylation is 1. The van der Waals surface area contributed by atoms with Crippen molar-refractivity contribution in [3.05, 3.63) is 54.1 Å². The van der Waals surface area contributed by atoms with Crippen molar-refractivity contribution >= 4 is 17.3 Å². The Bertz CT molecular complexity index is 714. The molecule has 0 saturated carbocycles. The summed E-state index contributed by atoms with van der Waals surface area (Å²) in [6.45, 7) is 5.37. The number of carbonyl (C=O) groups excluding carboxylic acids is 1. The Morgan fingerprint density at radius 2 is 1.96 bits per heavy atom. The van der Waals surface area contributed by atoms with Crippen molar-refractivity contribution in [1.29, 1.82) is 0 Å². The smallest absolute Gasteiger partial charge is 0.246 e. The van der Waals surface area contributed by atoms with Crippen molar-refractivity contribution in [2.45, 2.75) is 32.7 Å². The van der Waals surface area contributed by atoms with E-state index >= 15 is 0 Å². The molecule has 0 fully saturated rings. The quantitative estimate of drug-likeness (QED) is 0.908. The van der Waals surface area contributed by atoms with Gasteiger partial charge in [0.15, 0.2) is 0 Å². The van der Waals surface area contributed by atoms with Gasteiger partial charge in [-0.3, -0.25) is 4.79 Å². The molecule has 126 valence electrons. The van der Waals surface area contributed by atoms with Crippen LogP contribution >= 0.6 is 0 Å². The molecular weight excluding hydrogens is 300 g/mol. The Hall–Kier alpha value is -2.49. The van der Waals surface area contributed by atoms with Crippen molar-refractivity contribution in [3.8, 4) is 5.75 Å². The molecule has 1 atom stereocenters. The van der Waals surface area contributed by atoms with Crippen LogP contribution in [-0.2, 0) is 11.2 Å². The van der Waals surface area contributed by atoms with E-state index < -0.39 is 0 Å². The first-order chi connectivity index (χ1) is 11.7. The van der Waals surface area contributed by atoms with Crippen LogP contribution in [0, 0.1) is 0 Å². The highest BCUT2D eigenvalue weighted by Gasteiger charge is 2.26. The fraction of sp³-hybridized carbons (Fsp3) is 0.350. The highest BCUT2D eigenvalue weighted by molar-refractivity contribution is 5.98. The molecule has 0 saturated heterocycles. The van der Waals surface area contributed by atoms with E-state index in [-0.39, 0.29) is 11.9 Å². The number of nitrogens with one attached hydrogen (secondary N) is 1. The predicted molar refractivity (Wildman–Crippen MR) is 97.8 cm³/mol. The summed E-state index contributed by atoms with van der Waals surface area (Å²) >= 11 is 0. The largest absolute Gasteiger partial charge is 0.492 e. The minimum atomic E-state index is -0.235. The molecule has 0 spiro atoms. The van der Waals surface area contributed by atoms with Gasteiger partial charge in [-0.1, -0.05) is 30.3 Å². The average molecular weight is 324 g/mol. The van der Waals surface area contributed by atoms with Crippen molar-refractivity contribution in [1.82, 2.24) is 0 Å². The maximum absolute atomic E-state index is 12.8. The molecule has 0 unspecified atom stereocenters. The Labute approximate surface area is 143 Å². The van der Waals surface area contributed by atoms with Crippen molar-refractivity contribution in [3.63, 3.8) is 0 Å². The fourth-order valence-electron chi connectivity index (χ4n) is 3.19. The summed E-state index contributed by atoms with van der Waals surface area (Å²) in [6.07, 6.45) is 2.15. The summed E-state index contributed by atoms with van der Waals surface area (Å²) in [6, 6.07) is 15.7. The molecule has 4 heteroatoms. The summed E-state index contributed by atoms with van der Waals surface area (Å²) in [4.78, 5) is 15.0. The van der Waals surface area contributed by atoms with Crippen molar-refractivity contribution in [2.24, 2.45) is 0 Å². The zero-order valence-corrected chi connectivity index (χ0v) is 14.3. The minimum Gasteiger partial charge on any atom is -0.492 e. The normalized spacial score (nSPS) is 14.7. The summed E-state index contributed by atoms with van der Waals surface area (Å²) in [5.41, 5.74) is 3.21. The van der Waals surface area contributed by atoms with E-state index in [9.17, 15) is 4.79 Å². The van der Waals surface area contributed by atoms with E-state index in [1.807, 2.05) is 44.2 Å². The SMILES string of the molecule is CCOc1ccccc1NC(=O)[C@H](C)N1CCCc2ccccc21. The van der Waals surface area contributed by atoms with Crippen LogP contribution in [0.15, 0.2) is 48.5 Å². The summed E-state index contributed by atoms with van der Waals surface area (Å²) in [7, 11) is 0. The molecule has 1 heterocycles. The number of carbonyl (C=O) groups is 1. The van der Waals surface area contributed by atoms with Gasteiger partial charge in [0.05, 0.1) is 12.3 Å². The molecule has 1 amide bonds. The molecule has 0 aliphatic carbocycles. The van der Waals surface area contributed by atoms with Gasteiger partial charge < -0.3 is 15.0 Å². The van der Waals surface area contributed by atoms with Gasteiger partial charge in [-0.25, -0.2) is 0 Å². The van der Waals surface area contributed by atoms with Crippen LogP contribution in [0.5, 0.6) is 5.75 Å². The molecule has 0 aromatic heterocycles. The highest BCUT2D eigenvalue weighted by Crippen LogP contribution is 2.29. The lowest BCUT2D eigenvalue weighted by atomic mass is 10.00. The molecule has 24 heavy (non-hydrogen) atoms. The summed E-state index contributed by atoms with van der Waals surface area (Å²) in [5.74, 6) is 0.693. The first kappa shape index (κ1) is 16.4. The third-order valence-corrected chi connectivity index (χ3v) is 4.44. The van der Waals surface area contributed by atoms with Crippen LogP contribution < -0.4 is 15.0 Å². The topological polar surface area (TPSA) is 41.6 Å². The lowest BCUT2D eigenvalue weighted by Crippen LogP contribution is -2.44. The van der Waals surface area contributed by atoms with Crippen LogP contribution in [0.4, 0.5) is 11.4 Å². The van der Waals surface area contributed by atoms with Gasteiger partial charge in [0.2, 0.25) is 5.91 Å². The third-order valence-electron chi connectivity index (χ3n) is 4.44. The van der Waals surface area contributed by atoms with Crippen molar-refractivity contribution in [2.75, 3.05) is 23.4 Å². The molecule has 0 radical (unpaired) electrons. The van der Waals surface area contributed by atoms with Gasteiger partial charge in [-0.2, -0.15) is 0 Å². The number of benzene rings is 2. The van der Waals surface area contributed by atoms with Crippen molar-refractivity contribution < 1.29 is 9.53 Å². The van der Waals surface area contributed by atoms with E-state index in [4.69, 9.17) is 4.74 Å². The highest BCUT2D eigenvalue weighted by atomic mass is 16.5. The van der Waals surface area contributed by atoms with Crippen LogP contribution in [0.1, 0.15) is 25.8 Å². The van der Waals surface area contributed by atoms with E-state index in [1.54, 1.807) is 0 Å². The van der Waals surface area contributed by atoms with E-state index in [0.29, 0.717) is 12.4 Å². The lowest BCUT2D eigenvalue weighted by Gasteiger charge is -2.35. The van der Waals surface area contributed by atoms with E-state index in [2.05, 4.69) is 28.4 Å². The minimum absolute atomic E-state index is 0.0149. The number of para-hydroxylation sites is 3. The van der Waals surface area contributed by atoms with Crippen LogP contribution in [-0.4, -0.2) is 25.1 Å². The zero-order valence-electron chi connectivity index (χ0n) is 14.3. The first-order valence-corrected chi connectivity index (χ1v) is 8.58.